The van der Waals surface area contributed by atoms with E-state index >= 15 is 24.0 Å². The van der Waals surface area contributed by atoms with E-state index in [1.807, 2.05) is 0 Å². The molecule has 668 valence electrons. The Labute approximate surface area is 719 Å². The van der Waals surface area contributed by atoms with Crippen LogP contribution in [0.4, 0.5) is 18.9 Å². The van der Waals surface area contributed by atoms with E-state index in [4.69, 9.17) is 62.2 Å². The second-order valence-electron chi connectivity index (χ2n) is 30.9. The van der Waals surface area contributed by atoms with Gasteiger partial charge in [-0.2, -0.15) is 0 Å². The van der Waals surface area contributed by atoms with Gasteiger partial charge in [-0.15, -0.1) is 13.2 Å². The highest BCUT2D eigenvalue weighted by Crippen LogP contribution is 2.50. The summed E-state index contributed by atoms with van der Waals surface area (Å²) in [6, 6.07) is 10.7. The zero-order valence-corrected chi connectivity index (χ0v) is 68.7. The maximum atomic E-state index is 16.3. The number of hydroxylamine groups is 1. The van der Waals surface area contributed by atoms with Gasteiger partial charge < -0.3 is 133 Å². The van der Waals surface area contributed by atoms with Crippen molar-refractivity contribution in [2.45, 2.75) is 176 Å². The fraction of sp³-hybridized carbons (Fsp3) is 0.386. The summed E-state index contributed by atoms with van der Waals surface area (Å²) in [5, 5.41) is 129. The second kappa shape index (κ2) is 38.8. The summed E-state index contributed by atoms with van der Waals surface area (Å²) in [6.45, 7) is 5.68. The monoisotopic (exact) mass is 1780 g/mol. The second-order valence-corrected chi connectivity index (χ2v) is 31.7. The SMILES string of the molecule is CN[C@H](CC(C)C)C(=O)N[C@H]1C(=O)N[C@@H](CC(N)=O)C(=O)N[C@H]2C(=O)N[C@H]3C(=O)N[C@H](C(=O)N[C@@H](C(=O)NOC)c4cc(O)cc(O)c4-c4cc3ccc4O)[C@H](O)c3ccc(c(Cl)c3)Oc3cc2cc(c3O[C@@H]2O[C@H](CO)[C@@H](O)[C@H](O)[C@H]2O[C@H]2C[C@](C)(NCc3cccc(NC(=O)Cc4ccc(OC(F)(F)F)cc4)c3)[C@H](O)[C@H](C)O2)Oc2ccc(cc2Cl)[C@H]1O. The number of hydrogen-bond donors (Lipinski definition) is 20. The molecule has 7 aliphatic heterocycles. The zero-order valence-electron chi connectivity index (χ0n) is 67.2. The van der Waals surface area contributed by atoms with E-state index < -0.39 is 260 Å². The minimum atomic E-state index is -4.93. The fourth-order valence-electron chi connectivity index (χ4n) is 15.1. The van der Waals surface area contributed by atoms with E-state index in [0.29, 0.717) is 16.8 Å². The summed E-state index contributed by atoms with van der Waals surface area (Å²) in [5.41, 5.74) is 4.98. The predicted molar refractivity (Wildman–Crippen MR) is 431 cm³/mol. The molecule has 18 atom stereocenters. The first kappa shape index (κ1) is 92.4. The number of primary amides is 1. The Morgan fingerprint density at radius 3 is 1.96 bits per heavy atom. The molecule has 7 aromatic rings. The van der Waals surface area contributed by atoms with Gasteiger partial charge in [-0.1, -0.05) is 79.5 Å². The van der Waals surface area contributed by atoms with Gasteiger partial charge in [-0.3, -0.25) is 48.0 Å². The lowest BCUT2D eigenvalue weighted by Crippen LogP contribution is -2.65. The van der Waals surface area contributed by atoms with Gasteiger partial charge in [0.1, 0.15) is 101 Å². The molecule has 7 heterocycles. The number of alkyl halides is 3. The smallest absolute Gasteiger partial charge is 0.508 e. The van der Waals surface area contributed by atoms with Gasteiger partial charge >= 0.3 is 6.36 Å². The number of aliphatic hydroxyl groups is 6. The van der Waals surface area contributed by atoms with Crippen LogP contribution >= 0.6 is 23.2 Å². The number of fused-ring (bicyclic) bond motifs is 15. The molecule has 11 bridgehead atoms. The summed E-state index contributed by atoms with van der Waals surface area (Å²) in [5.74, 6) is -16.6. The number of halogens is 5. The first-order valence-corrected chi connectivity index (χ1v) is 39.7. The average Bonchev–Trinajstić information content (AvgIpc) is 0.769. The zero-order chi connectivity index (χ0) is 90.5. The number of carbonyl (C=O) groups is 9. The van der Waals surface area contributed by atoms with Crippen molar-refractivity contribution in [1.29, 1.82) is 0 Å². The molecule has 0 aromatic heterocycles. The number of likely N-dealkylation sites (N-methyl/N-ethyl adjacent to an activating group) is 1. The topological polar surface area (TPSA) is 556 Å². The molecule has 125 heavy (non-hydrogen) atoms. The Morgan fingerprint density at radius 2 is 1.34 bits per heavy atom. The summed E-state index contributed by atoms with van der Waals surface area (Å²) in [7, 11) is 2.49. The van der Waals surface area contributed by atoms with Gasteiger partial charge in [0.15, 0.2) is 23.9 Å². The molecule has 9 amide bonds. The van der Waals surface area contributed by atoms with Gasteiger partial charge in [-0.05, 0) is 151 Å². The molecule has 0 aliphatic carbocycles. The number of phenolic OH excluding ortho intramolecular Hbond substituents is 3. The highest BCUT2D eigenvalue weighted by molar-refractivity contribution is 6.32. The van der Waals surface area contributed by atoms with E-state index in [-0.39, 0.29) is 54.2 Å². The maximum absolute atomic E-state index is 16.3. The predicted octanol–water partition coefficient (Wildman–Crippen LogP) is 3.61. The van der Waals surface area contributed by atoms with Crippen LogP contribution in [-0.4, -0.2) is 205 Å². The first-order valence-electron chi connectivity index (χ1n) is 39.0. The van der Waals surface area contributed by atoms with Crippen molar-refractivity contribution in [3.8, 4) is 62.9 Å². The summed E-state index contributed by atoms with van der Waals surface area (Å²) >= 11 is 14.3. The number of nitrogens with two attached hydrogens (primary N) is 1. The molecular formula is C83H90Cl2F3N11O26. The quantitative estimate of drug-likeness (QED) is 0.0457. The molecular weight excluding hydrogens is 1690 g/mol. The Morgan fingerprint density at radius 1 is 0.696 bits per heavy atom. The molecule has 0 radical (unpaired) electrons. The van der Waals surface area contributed by atoms with Crippen LogP contribution in [0.5, 0.6) is 51.7 Å². The number of amides is 9. The molecule has 0 spiro atoms. The standard InChI is InChI=1S/C83H90Cl2F3N11O26/c1-34(2)20-49(90-5)74(111)97-65-67(106)39-13-18-53(47(84)24-39)120-55-26-41-27-56(71(55)124-81-72(70(109)69(108)57(33-100)122-81)123-60-31-82(4,73(110)35(3)119-60)91-32-37-8-7-9-42(21-37)92-59(105)22-36-10-15-44(16-11-36)125-83(86,87)88)121-54-19-14-40(25-48(54)85)68(107)66-79(116)96-64(80(117)99-118-6)46-28-43(101)29-52(103)61(46)45-23-38(12-17-51(45)102)62(76(113)98-66)95-77(114)63(41)94-75(112)50(30-58(89)104)93-78(65)115/h7-19,21,23-29,34-35,49-50,57,60,62-70,72-73,81,90-91,100-103,106-110H,20,22,30-33H2,1-6H3,(H2,89,104)(H,92,105)(H,93,115)(H,94,112)(H,95,114)(H,96,116)(H,97,111)(H,98,113)(H,99,117)/t35-,49+,50-,57+,60-,62+,63+,64+,65+,66-,67+,68+,69+,70-,72+,73+,81-,82-/m0/s1. The van der Waals surface area contributed by atoms with Crippen molar-refractivity contribution < 1.29 is 140 Å². The normalized spacial score (nSPS) is 26.0. The third-order valence-corrected chi connectivity index (χ3v) is 22.0. The molecule has 7 aliphatic rings. The summed E-state index contributed by atoms with van der Waals surface area (Å²) in [6.07, 6.45) is -24.7. The van der Waals surface area contributed by atoms with Crippen molar-refractivity contribution in [2.75, 3.05) is 26.1 Å². The van der Waals surface area contributed by atoms with E-state index in [9.17, 15) is 78.3 Å². The molecule has 2 fully saturated rings. The highest BCUT2D eigenvalue weighted by atomic mass is 35.5. The Hall–Kier alpha value is -11.7. The Kier molecular flexibility index (Phi) is 28.7. The average molecular weight is 1790 g/mol. The Bertz CT molecular complexity index is 5260. The molecule has 42 heteroatoms. The number of rotatable bonds is 21. The van der Waals surface area contributed by atoms with E-state index in [2.05, 4.69) is 58.1 Å². The molecule has 37 nitrogen and oxygen atoms in total. The van der Waals surface area contributed by atoms with Crippen molar-refractivity contribution >= 4 is 82.1 Å². The van der Waals surface area contributed by atoms with Crippen LogP contribution in [0.25, 0.3) is 11.1 Å². The fourth-order valence-corrected chi connectivity index (χ4v) is 15.5. The van der Waals surface area contributed by atoms with Crippen molar-refractivity contribution in [2.24, 2.45) is 11.7 Å². The third kappa shape index (κ3) is 21.4. The first-order chi connectivity index (χ1) is 59.2. The lowest BCUT2D eigenvalue weighted by molar-refractivity contribution is -0.334. The van der Waals surface area contributed by atoms with Crippen molar-refractivity contribution in [3.63, 3.8) is 0 Å². The van der Waals surface area contributed by atoms with Crippen LogP contribution < -0.4 is 78.0 Å². The number of phenols is 3. The molecule has 7 aromatic carbocycles. The number of hydrogen-bond acceptors (Lipinski definition) is 28. The summed E-state index contributed by atoms with van der Waals surface area (Å²) < 4.78 is 81.9. The third-order valence-electron chi connectivity index (χ3n) is 21.4. The molecule has 0 unspecified atom stereocenters. The van der Waals surface area contributed by atoms with E-state index in [1.54, 1.807) is 45.0 Å². The van der Waals surface area contributed by atoms with Crippen LogP contribution in [0.3, 0.4) is 0 Å². The lowest BCUT2D eigenvalue weighted by Gasteiger charge is -2.48. The maximum Gasteiger partial charge on any atom is 0.573 e. The largest absolute Gasteiger partial charge is 0.573 e. The summed E-state index contributed by atoms with van der Waals surface area (Å²) in [4.78, 5) is 138. The number of nitrogens with one attached hydrogen (secondary N) is 10. The van der Waals surface area contributed by atoms with Crippen LogP contribution in [-0.2, 0) is 75.2 Å². The van der Waals surface area contributed by atoms with Crippen molar-refractivity contribution in [3.05, 3.63) is 176 Å². The number of aliphatic hydroxyl groups excluding tert-OH is 6. The van der Waals surface area contributed by atoms with Gasteiger partial charge in [0, 0.05) is 41.4 Å². The minimum absolute atomic E-state index is 0.0121. The minimum Gasteiger partial charge on any atom is -0.508 e. The number of anilines is 1. The van der Waals surface area contributed by atoms with Crippen LogP contribution in [0, 0.1) is 5.92 Å². The number of benzene rings is 7. The van der Waals surface area contributed by atoms with Gasteiger partial charge in [-0.25, -0.2) is 5.48 Å². The number of aromatic hydroxyl groups is 3. The van der Waals surface area contributed by atoms with Crippen LogP contribution in [0.2, 0.25) is 10.0 Å². The molecule has 0 saturated carbocycles. The van der Waals surface area contributed by atoms with E-state index in [1.165, 1.54) is 38.2 Å². The highest BCUT2D eigenvalue weighted by Gasteiger charge is 2.53. The lowest BCUT2D eigenvalue weighted by atomic mass is 9.84. The number of ether oxygens (including phenoxy) is 7. The van der Waals surface area contributed by atoms with Gasteiger partial charge in [0.05, 0.1) is 54.9 Å². The van der Waals surface area contributed by atoms with Crippen molar-refractivity contribution in [1.82, 2.24) is 48.0 Å². The molecule has 21 N–H and O–H groups in total. The van der Waals surface area contributed by atoms with E-state index in [0.717, 1.165) is 86.0 Å². The van der Waals surface area contributed by atoms with Crippen LogP contribution in [0.1, 0.15) is 116 Å². The van der Waals surface area contributed by atoms with Gasteiger partial charge in [0.2, 0.25) is 59.3 Å². The Balaban J connectivity index is 0.998. The molecule has 2 saturated heterocycles. The van der Waals surface area contributed by atoms with Crippen LogP contribution in [0.15, 0.2) is 127 Å². The number of carbonyl (C=O) groups excluding carboxylic acids is 9. The molecule has 14 rings (SSSR count). The van der Waals surface area contributed by atoms with Gasteiger partial charge in [0.25, 0.3) is 5.91 Å².